The highest BCUT2D eigenvalue weighted by Gasteiger charge is 2.16. The number of nitrogens with one attached hydrogen (secondary N) is 2. The number of nitrogens with zero attached hydrogens (tertiary/aromatic N) is 2. The Labute approximate surface area is 198 Å². The normalized spacial score (nSPS) is 12.1. The fraction of sp³-hybridized carbons (Fsp3) is 0.417. The molecule has 0 spiro atoms. The van der Waals surface area contributed by atoms with Crippen LogP contribution in [0.5, 0.6) is 0 Å². The van der Waals surface area contributed by atoms with Gasteiger partial charge in [-0.05, 0) is 36.1 Å². The first-order chi connectivity index (χ1) is 13.9. The van der Waals surface area contributed by atoms with Crippen LogP contribution in [0.15, 0.2) is 59.6 Å². The molecular formula is C24H35IN4O. The highest BCUT2D eigenvalue weighted by atomic mass is 127. The van der Waals surface area contributed by atoms with Crippen LogP contribution in [0.2, 0.25) is 0 Å². The van der Waals surface area contributed by atoms with Gasteiger partial charge in [-0.3, -0.25) is 4.79 Å². The Kier molecular flexibility index (Phi) is 11.5. The monoisotopic (exact) mass is 522 g/mol. The van der Waals surface area contributed by atoms with Gasteiger partial charge in [0.05, 0.1) is 6.54 Å². The second kappa shape index (κ2) is 13.3. The molecule has 0 aliphatic heterocycles. The molecule has 0 aromatic heterocycles. The summed E-state index contributed by atoms with van der Waals surface area (Å²) in [6, 6.07) is 18.3. The number of amides is 1. The van der Waals surface area contributed by atoms with E-state index < -0.39 is 0 Å². The van der Waals surface area contributed by atoms with Crippen molar-refractivity contribution in [1.82, 2.24) is 15.5 Å². The summed E-state index contributed by atoms with van der Waals surface area (Å²) in [5.41, 5.74) is 3.10. The first kappa shape index (κ1) is 25.9. The van der Waals surface area contributed by atoms with Crippen molar-refractivity contribution in [1.29, 1.82) is 0 Å². The molecule has 0 fully saturated rings. The fourth-order valence-corrected chi connectivity index (χ4v) is 3.17. The van der Waals surface area contributed by atoms with Gasteiger partial charge in [-0.2, -0.15) is 0 Å². The predicted octanol–water partition coefficient (Wildman–Crippen LogP) is 4.50. The second-order valence-corrected chi connectivity index (χ2v) is 7.73. The van der Waals surface area contributed by atoms with Crippen LogP contribution in [0.25, 0.3) is 0 Å². The van der Waals surface area contributed by atoms with Gasteiger partial charge in [0, 0.05) is 38.7 Å². The van der Waals surface area contributed by atoms with E-state index in [4.69, 9.17) is 4.99 Å². The molecule has 30 heavy (non-hydrogen) atoms. The van der Waals surface area contributed by atoms with E-state index in [9.17, 15) is 4.79 Å². The molecular weight excluding hydrogens is 487 g/mol. The van der Waals surface area contributed by atoms with Gasteiger partial charge in [0.25, 0.3) is 5.91 Å². The molecule has 0 bridgehead atoms. The average molecular weight is 522 g/mol. The van der Waals surface area contributed by atoms with Crippen molar-refractivity contribution in [2.24, 2.45) is 10.9 Å². The summed E-state index contributed by atoms with van der Waals surface area (Å²) in [7, 11) is 3.52. The molecule has 0 saturated carbocycles. The predicted molar refractivity (Wildman–Crippen MR) is 137 cm³/mol. The molecule has 0 saturated heterocycles. The van der Waals surface area contributed by atoms with E-state index in [2.05, 4.69) is 61.7 Å². The molecule has 1 amide bonds. The van der Waals surface area contributed by atoms with Crippen molar-refractivity contribution < 1.29 is 4.79 Å². The second-order valence-electron chi connectivity index (χ2n) is 7.73. The van der Waals surface area contributed by atoms with Gasteiger partial charge in [0.2, 0.25) is 0 Å². The molecule has 0 aliphatic rings. The Morgan fingerprint density at radius 2 is 1.63 bits per heavy atom. The molecule has 5 nitrogen and oxygen atoms in total. The van der Waals surface area contributed by atoms with Crippen molar-refractivity contribution in [3.8, 4) is 0 Å². The first-order valence-electron chi connectivity index (χ1n) is 10.3. The van der Waals surface area contributed by atoms with E-state index >= 15 is 0 Å². The Morgan fingerprint density at radius 1 is 1.00 bits per heavy atom. The number of carbonyl (C=O) groups excluding carboxylic acids is 1. The average Bonchev–Trinajstić information content (AvgIpc) is 2.72. The SMILES string of the molecule is CCNC(=NCc1ccc(C(=O)N(C)C)cc1)NCC(c1ccccc1)C(C)C.I. The van der Waals surface area contributed by atoms with Crippen LogP contribution >= 0.6 is 24.0 Å². The summed E-state index contributed by atoms with van der Waals surface area (Å²) in [4.78, 5) is 18.3. The number of halogens is 1. The maximum atomic E-state index is 12.0. The van der Waals surface area contributed by atoms with Crippen molar-refractivity contribution in [3.63, 3.8) is 0 Å². The standard InChI is InChI=1S/C24H34N4O.HI/c1-6-25-24(27-17-22(18(2)3)20-10-8-7-9-11-20)26-16-19-12-14-21(15-13-19)23(29)28(4)5;/h7-15,18,22H,6,16-17H2,1-5H3,(H2,25,26,27);1H. The van der Waals surface area contributed by atoms with Gasteiger partial charge in [-0.25, -0.2) is 4.99 Å². The molecule has 0 aliphatic carbocycles. The number of carbonyl (C=O) groups is 1. The summed E-state index contributed by atoms with van der Waals surface area (Å²) in [5, 5.41) is 6.81. The van der Waals surface area contributed by atoms with Crippen LogP contribution in [0.3, 0.4) is 0 Å². The van der Waals surface area contributed by atoms with Crippen LogP contribution in [0.1, 0.15) is 48.2 Å². The lowest BCUT2D eigenvalue weighted by Crippen LogP contribution is -2.40. The van der Waals surface area contributed by atoms with Gasteiger partial charge >= 0.3 is 0 Å². The van der Waals surface area contributed by atoms with Gasteiger partial charge < -0.3 is 15.5 Å². The van der Waals surface area contributed by atoms with Crippen molar-refractivity contribution in [3.05, 3.63) is 71.3 Å². The molecule has 1 unspecified atom stereocenters. The molecule has 164 valence electrons. The number of benzene rings is 2. The lowest BCUT2D eigenvalue weighted by atomic mass is 9.88. The van der Waals surface area contributed by atoms with Crippen molar-refractivity contribution >= 4 is 35.8 Å². The van der Waals surface area contributed by atoms with E-state index in [1.54, 1.807) is 19.0 Å². The largest absolute Gasteiger partial charge is 0.357 e. The summed E-state index contributed by atoms with van der Waals surface area (Å²) in [6.45, 7) is 8.75. The fourth-order valence-electron chi connectivity index (χ4n) is 3.17. The van der Waals surface area contributed by atoms with Crippen LogP contribution in [0.4, 0.5) is 0 Å². The maximum Gasteiger partial charge on any atom is 0.253 e. The summed E-state index contributed by atoms with van der Waals surface area (Å²) in [6.07, 6.45) is 0. The Hall–Kier alpha value is -2.09. The molecule has 6 heteroatoms. The molecule has 0 radical (unpaired) electrons. The number of hydrogen-bond acceptors (Lipinski definition) is 2. The van der Waals surface area contributed by atoms with E-state index in [0.29, 0.717) is 23.9 Å². The zero-order valence-corrected chi connectivity index (χ0v) is 21.0. The van der Waals surface area contributed by atoms with E-state index in [1.807, 2.05) is 24.3 Å². The van der Waals surface area contributed by atoms with Crippen molar-refractivity contribution in [2.75, 3.05) is 27.2 Å². The zero-order valence-electron chi connectivity index (χ0n) is 18.7. The summed E-state index contributed by atoms with van der Waals surface area (Å²) >= 11 is 0. The quantitative estimate of drug-likeness (QED) is 0.305. The van der Waals surface area contributed by atoms with Crippen LogP contribution < -0.4 is 10.6 Å². The zero-order chi connectivity index (χ0) is 21.2. The molecule has 2 aromatic carbocycles. The molecule has 0 heterocycles. The highest BCUT2D eigenvalue weighted by Crippen LogP contribution is 2.23. The first-order valence-corrected chi connectivity index (χ1v) is 10.3. The summed E-state index contributed by atoms with van der Waals surface area (Å²) < 4.78 is 0. The van der Waals surface area contributed by atoms with Crippen molar-refractivity contribution in [2.45, 2.75) is 33.2 Å². The molecule has 1 atom stereocenters. The van der Waals surface area contributed by atoms with E-state index in [-0.39, 0.29) is 29.9 Å². The van der Waals surface area contributed by atoms with E-state index in [1.165, 1.54) is 5.56 Å². The Morgan fingerprint density at radius 3 is 2.17 bits per heavy atom. The number of hydrogen-bond donors (Lipinski definition) is 2. The Balaban J connectivity index is 0.00000450. The number of aliphatic imine (C=N–C) groups is 1. The van der Waals surface area contributed by atoms with Gasteiger partial charge in [-0.15, -0.1) is 24.0 Å². The minimum Gasteiger partial charge on any atom is -0.357 e. The van der Waals surface area contributed by atoms with Gasteiger partial charge in [-0.1, -0.05) is 56.3 Å². The highest BCUT2D eigenvalue weighted by molar-refractivity contribution is 14.0. The topological polar surface area (TPSA) is 56.7 Å². The third-order valence-corrected chi connectivity index (χ3v) is 4.89. The molecule has 2 N–H and O–H groups in total. The third kappa shape index (κ3) is 7.97. The van der Waals surface area contributed by atoms with Crippen LogP contribution in [-0.2, 0) is 6.54 Å². The molecule has 2 aromatic rings. The van der Waals surface area contributed by atoms with Gasteiger partial charge in [0.1, 0.15) is 0 Å². The summed E-state index contributed by atoms with van der Waals surface area (Å²) in [5.74, 6) is 1.75. The lowest BCUT2D eigenvalue weighted by Gasteiger charge is -2.23. The number of guanidine groups is 1. The van der Waals surface area contributed by atoms with E-state index in [0.717, 1.165) is 24.6 Å². The maximum absolute atomic E-state index is 12.0. The number of rotatable bonds is 8. The minimum absolute atomic E-state index is 0. The third-order valence-electron chi connectivity index (χ3n) is 4.89. The lowest BCUT2D eigenvalue weighted by molar-refractivity contribution is 0.0827. The smallest absolute Gasteiger partial charge is 0.253 e. The Bertz CT molecular complexity index is 789. The van der Waals surface area contributed by atoms with Crippen LogP contribution in [0, 0.1) is 5.92 Å². The minimum atomic E-state index is 0. The van der Waals surface area contributed by atoms with Crippen LogP contribution in [-0.4, -0.2) is 44.0 Å². The van der Waals surface area contributed by atoms with Gasteiger partial charge in [0.15, 0.2) is 5.96 Å². The molecule has 2 rings (SSSR count).